The van der Waals surface area contributed by atoms with E-state index in [4.69, 9.17) is 4.42 Å². The topological polar surface area (TPSA) is 89.1 Å². The lowest BCUT2D eigenvalue weighted by Crippen LogP contribution is -2.26. The van der Waals surface area contributed by atoms with E-state index >= 15 is 0 Å². The van der Waals surface area contributed by atoms with Crippen LogP contribution in [0.2, 0.25) is 0 Å². The van der Waals surface area contributed by atoms with Crippen LogP contribution < -0.4 is 5.32 Å². The van der Waals surface area contributed by atoms with E-state index in [1.165, 1.54) is 16.8 Å². The number of aromatic nitrogens is 4. The Hall–Kier alpha value is -3.99. The lowest BCUT2D eigenvalue weighted by molar-refractivity contribution is -0.137. The number of benzene rings is 2. The second-order valence-corrected chi connectivity index (χ2v) is 8.72. The number of rotatable bonds is 9. The predicted octanol–water partition coefficient (Wildman–Crippen LogP) is 4.37. The Bertz CT molecular complexity index is 1300. The van der Waals surface area contributed by atoms with Crippen molar-refractivity contribution in [2.45, 2.75) is 44.7 Å². The van der Waals surface area contributed by atoms with Crippen LogP contribution in [0, 0.1) is 0 Å². The molecule has 11 heteroatoms. The molecular weight excluding hydrogens is 473 g/mol. The van der Waals surface area contributed by atoms with Crippen molar-refractivity contribution in [3.8, 4) is 5.69 Å². The molecule has 0 unspecified atom stereocenters. The van der Waals surface area contributed by atoms with Crippen molar-refractivity contribution in [2.75, 3.05) is 0 Å². The van der Waals surface area contributed by atoms with Crippen molar-refractivity contribution in [1.82, 2.24) is 30.4 Å². The summed E-state index contributed by atoms with van der Waals surface area (Å²) in [4.78, 5) is 14.3. The van der Waals surface area contributed by atoms with Crippen LogP contribution in [0.15, 0.2) is 71.3 Å². The van der Waals surface area contributed by atoms with Crippen LogP contribution in [0.1, 0.15) is 45.9 Å². The maximum Gasteiger partial charge on any atom is 0.416 e. The molecule has 1 aliphatic rings. The van der Waals surface area contributed by atoms with Crippen LogP contribution in [-0.2, 0) is 25.8 Å². The van der Waals surface area contributed by atoms with Crippen molar-refractivity contribution >= 4 is 5.91 Å². The summed E-state index contributed by atoms with van der Waals surface area (Å²) in [6.07, 6.45) is -0.780. The highest BCUT2D eigenvalue weighted by Crippen LogP contribution is 2.29. The standard InChI is InChI=1S/C25H23F3N6O2/c26-25(27,28)19-7-11-21(12-8-19)34-23(30-31-32-34)16-33(15-22-2-1-13-36-22)14-17-3-5-18(6-4-17)24(35)29-20-9-10-20/h1-8,11-13,20H,9-10,14-16H2,(H,29,35). The molecule has 36 heavy (non-hydrogen) atoms. The maximum atomic E-state index is 12.9. The molecule has 1 N–H and O–H groups in total. The van der Waals surface area contributed by atoms with Crippen LogP contribution in [0.3, 0.4) is 0 Å². The Balaban J connectivity index is 1.33. The molecule has 1 fully saturated rings. The molecular formula is C25H23F3N6O2. The van der Waals surface area contributed by atoms with Gasteiger partial charge in [0.2, 0.25) is 0 Å². The van der Waals surface area contributed by atoms with Gasteiger partial charge in [0.05, 0.1) is 30.6 Å². The first-order valence-corrected chi connectivity index (χ1v) is 11.4. The highest BCUT2D eigenvalue weighted by Gasteiger charge is 2.30. The fourth-order valence-corrected chi connectivity index (χ4v) is 3.80. The summed E-state index contributed by atoms with van der Waals surface area (Å²) in [5, 5.41) is 14.8. The summed E-state index contributed by atoms with van der Waals surface area (Å²) in [6.45, 7) is 1.26. The minimum absolute atomic E-state index is 0.0767. The van der Waals surface area contributed by atoms with Gasteiger partial charge in [0, 0.05) is 18.2 Å². The van der Waals surface area contributed by atoms with Crippen molar-refractivity contribution in [3.63, 3.8) is 0 Å². The minimum Gasteiger partial charge on any atom is -0.468 e. The number of hydrogen-bond donors (Lipinski definition) is 1. The van der Waals surface area contributed by atoms with Gasteiger partial charge in [0.15, 0.2) is 5.82 Å². The van der Waals surface area contributed by atoms with Crippen molar-refractivity contribution in [3.05, 3.63) is 95.2 Å². The average Bonchev–Trinajstić information content (AvgIpc) is 3.31. The zero-order valence-electron chi connectivity index (χ0n) is 19.2. The number of nitrogens with zero attached hydrogens (tertiary/aromatic N) is 5. The lowest BCUT2D eigenvalue weighted by atomic mass is 10.1. The van der Waals surface area contributed by atoms with Crippen LogP contribution >= 0.6 is 0 Å². The molecule has 0 atom stereocenters. The van der Waals surface area contributed by atoms with Crippen molar-refractivity contribution in [1.29, 1.82) is 0 Å². The zero-order chi connectivity index (χ0) is 25.1. The Morgan fingerprint density at radius 3 is 2.42 bits per heavy atom. The van der Waals surface area contributed by atoms with E-state index in [0.29, 0.717) is 36.7 Å². The first-order chi connectivity index (χ1) is 17.3. The molecule has 1 aliphatic carbocycles. The fourth-order valence-electron chi connectivity index (χ4n) is 3.80. The van der Waals surface area contributed by atoms with E-state index in [1.54, 1.807) is 24.5 Å². The van der Waals surface area contributed by atoms with Crippen LogP contribution in [0.4, 0.5) is 13.2 Å². The maximum absolute atomic E-state index is 12.9. The number of hydrogen-bond acceptors (Lipinski definition) is 6. The molecule has 2 aromatic heterocycles. The number of amides is 1. The lowest BCUT2D eigenvalue weighted by Gasteiger charge is -2.21. The van der Waals surface area contributed by atoms with Crippen LogP contribution in [0.25, 0.3) is 5.69 Å². The summed E-state index contributed by atoms with van der Waals surface area (Å²) in [6, 6.07) is 16.0. The second-order valence-electron chi connectivity index (χ2n) is 8.72. The molecule has 0 bridgehead atoms. The molecule has 1 amide bonds. The normalized spacial score (nSPS) is 13.8. The zero-order valence-corrected chi connectivity index (χ0v) is 19.2. The summed E-state index contributed by atoms with van der Waals surface area (Å²) in [7, 11) is 0. The summed E-state index contributed by atoms with van der Waals surface area (Å²) < 4.78 is 45.8. The molecule has 4 aromatic rings. The minimum atomic E-state index is -4.42. The van der Waals surface area contributed by atoms with E-state index in [-0.39, 0.29) is 11.9 Å². The Morgan fingerprint density at radius 2 is 1.78 bits per heavy atom. The van der Waals surface area contributed by atoms with E-state index in [9.17, 15) is 18.0 Å². The molecule has 2 heterocycles. The van der Waals surface area contributed by atoms with Crippen LogP contribution in [-0.4, -0.2) is 37.1 Å². The Kier molecular flexibility index (Phi) is 6.55. The van der Waals surface area contributed by atoms with Gasteiger partial charge >= 0.3 is 6.18 Å². The fraction of sp³-hybridized carbons (Fsp3) is 0.280. The average molecular weight is 496 g/mol. The first kappa shape index (κ1) is 23.7. The molecule has 1 saturated carbocycles. The number of carbonyl (C=O) groups excluding carboxylic acids is 1. The molecule has 8 nitrogen and oxygen atoms in total. The molecule has 186 valence electrons. The number of alkyl halides is 3. The second kappa shape index (κ2) is 9.94. The van der Waals surface area contributed by atoms with E-state index < -0.39 is 11.7 Å². The van der Waals surface area contributed by atoms with Gasteiger partial charge in [-0.1, -0.05) is 12.1 Å². The molecule has 0 spiro atoms. The number of nitrogens with one attached hydrogen (secondary N) is 1. The molecule has 0 radical (unpaired) electrons. The van der Waals surface area contributed by atoms with Crippen molar-refractivity contribution in [2.24, 2.45) is 0 Å². The van der Waals surface area contributed by atoms with Gasteiger partial charge in [0.25, 0.3) is 5.91 Å². The third-order valence-electron chi connectivity index (χ3n) is 5.83. The van der Waals surface area contributed by atoms with Gasteiger partial charge in [-0.25, -0.2) is 0 Å². The van der Waals surface area contributed by atoms with Crippen LogP contribution in [0.5, 0.6) is 0 Å². The number of furan rings is 1. The highest BCUT2D eigenvalue weighted by molar-refractivity contribution is 5.94. The molecule has 2 aromatic carbocycles. The summed E-state index contributed by atoms with van der Waals surface area (Å²) in [5.41, 5.74) is 1.26. The van der Waals surface area contributed by atoms with Gasteiger partial charge in [-0.3, -0.25) is 9.69 Å². The quantitative estimate of drug-likeness (QED) is 0.370. The third kappa shape index (κ3) is 5.80. The van der Waals surface area contributed by atoms with Gasteiger partial charge in [0.1, 0.15) is 5.76 Å². The number of tetrazole rings is 1. The Morgan fingerprint density at radius 1 is 1.03 bits per heavy atom. The van der Waals surface area contributed by atoms with Crippen molar-refractivity contribution < 1.29 is 22.4 Å². The smallest absolute Gasteiger partial charge is 0.416 e. The van der Waals surface area contributed by atoms with Gasteiger partial charge in [-0.2, -0.15) is 17.9 Å². The van der Waals surface area contributed by atoms with Gasteiger partial charge < -0.3 is 9.73 Å². The highest BCUT2D eigenvalue weighted by atomic mass is 19.4. The molecule has 0 aliphatic heterocycles. The van der Waals surface area contributed by atoms with Gasteiger partial charge in [-0.05, 0) is 77.4 Å². The third-order valence-corrected chi connectivity index (χ3v) is 5.83. The first-order valence-electron chi connectivity index (χ1n) is 11.4. The van der Waals surface area contributed by atoms with E-state index in [0.717, 1.165) is 36.3 Å². The monoisotopic (exact) mass is 496 g/mol. The number of carbonyl (C=O) groups is 1. The largest absolute Gasteiger partial charge is 0.468 e. The SMILES string of the molecule is O=C(NC1CC1)c1ccc(CN(Cc2ccco2)Cc2nnnn2-c2ccc(C(F)(F)F)cc2)cc1. The number of halogens is 3. The molecule has 0 saturated heterocycles. The Labute approximate surface area is 204 Å². The van der Waals surface area contributed by atoms with Gasteiger partial charge in [-0.15, -0.1) is 5.10 Å². The predicted molar refractivity (Wildman–Crippen MR) is 123 cm³/mol. The summed E-state index contributed by atoms with van der Waals surface area (Å²) in [5.74, 6) is 1.12. The summed E-state index contributed by atoms with van der Waals surface area (Å²) >= 11 is 0. The van der Waals surface area contributed by atoms with E-state index in [2.05, 4.69) is 20.8 Å². The molecule has 5 rings (SSSR count). The van der Waals surface area contributed by atoms with E-state index in [1.807, 2.05) is 23.1 Å².